The number of nitrogens with zero attached hydrogens (tertiary/aromatic N) is 3. The molecule has 5 nitrogen and oxygen atoms in total. The Bertz CT molecular complexity index is 963. The summed E-state index contributed by atoms with van der Waals surface area (Å²) in [5.74, 6) is 0. The first kappa shape index (κ1) is 17.6. The summed E-state index contributed by atoms with van der Waals surface area (Å²) in [7, 11) is 0. The fourth-order valence-electron chi connectivity index (χ4n) is 3.98. The van der Waals surface area contributed by atoms with E-state index < -0.39 is 0 Å². The van der Waals surface area contributed by atoms with Gasteiger partial charge in [-0.15, -0.1) is 0 Å². The Morgan fingerprint density at radius 1 is 1.07 bits per heavy atom. The minimum absolute atomic E-state index is 0.00281. The minimum Gasteiger partial charge on any atom is -0.327 e. The molecule has 0 radical (unpaired) electrons. The molecule has 0 atom stereocenters. The number of rotatable bonds is 2. The molecule has 1 aliphatic heterocycles. The molecular formula is C22H26N4O. The van der Waals surface area contributed by atoms with Crippen molar-refractivity contribution in [1.29, 1.82) is 0 Å². The van der Waals surface area contributed by atoms with E-state index in [1.165, 1.54) is 11.1 Å². The van der Waals surface area contributed by atoms with Crippen molar-refractivity contribution in [2.75, 3.05) is 18.4 Å². The molecule has 0 spiro atoms. The van der Waals surface area contributed by atoms with Crippen LogP contribution in [0.25, 0.3) is 11.0 Å². The number of benzene rings is 2. The lowest BCUT2D eigenvalue weighted by Crippen LogP contribution is -2.41. The zero-order valence-electron chi connectivity index (χ0n) is 16.2. The van der Waals surface area contributed by atoms with Crippen LogP contribution < -0.4 is 5.32 Å². The van der Waals surface area contributed by atoms with E-state index in [0.717, 1.165) is 48.3 Å². The van der Waals surface area contributed by atoms with Crippen LogP contribution >= 0.6 is 0 Å². The highest BCUT2D eigenvalue weighted by atomic mass is 16.2. The van der Waals surface area contributed by atoms with Gasteiger partial charge in [0.1, 0.15) is 0 Å². The first-order valence-corrected chi connectivity index (χ1v) is 9.58. The number of nitrogens with one attached hydrogen (secondary N) is 1. The molecule has 2 aromatic carbocycles. The zero-order valence-corrected chi connectivity index (χ0v) is 16.2. The maximum absolute atomic E-state index is 12.7. The van der Waals surface area contributed by atoms with E-state index in [1.807, 2.05) is 43.3 Å². The number of urea groups is 1. The fraction of sp³-hybridized carbons (Fsp3) is 0.364. The third-order valence-electron chi connectivity index (χ3n) is 5.59. The van der Waals surface area contributed by atoms with E-state index in [9.17, 15) is 4.79 Å². The zero-order chi connectivity index (χ0) is 19.0. The van der Waals surface area contributed by atoms with Gasteiger partial charge in [-0.3, -0.25) is 0 Å². The van der Waals surface area contributed by atoms with Gasteiger partial charge in [0.2, 0.25) is 0 Å². The van der Waals surface area contributed by atoms with E-state index >= 15 is 0 Å². The number of aromatic nitrogens is 2. The van der Waals surface area contributed by atoms with E-state index in [0.29, 0.717) is 6.04 Å². The molecule has 1 N–H and O–H groups in total. The van der Waals surface area contributed by atoms with Crippen molar-refractivity contribution in [3.05, 3.63) is 59.4 Å². The number of para-hydroxylation sites is 1. The number of aryl methyl sites for hydroxylation is 3. The summed E-state index contributed by atoms with van der Waals surface area (Å²) in [6, 6.07) is 12.9. The van der Waals surface area contributed by atoms with Gasteiger partial charge in [-0.1, -0.05) is 24.3 Å². The van der Waals surface area contributed by atoms with E-state index in [-0.39, 0.29) is 6.03 Å². The van der Waals surface area contributed by atoms with Crippen LogP contribution in [-0.4, -0.2) is 33.6 Å². The standard InChI is InChI=1S/C22H26N4O/c1-15-7-8-20-19(13-15)23-14-26(20)18-9-11-25(12-10-18)22(27)24-21-16(2)5-4-6-17(21)3/h4-8,13-14,18H,9-12H2,1-3H3,(H,24,27). The van der Waals surface area contributed by atoms with Gasteiger partial charge < -0.3 is 14.8 Å². The first-order chi connectivity index (χ1) is 13.0. The number of imidazole rings is 1. The minimum atomic E-state index is -0.00281. The molecule has 5 heteroatoms. The molecule has 0 bridgehead atoms. The summed E-state index contributed by atoms with van der Waals surface area (Å²) in [5.41, 5.74) is 6.58. The number of hydrogen-bond donors (Lipinski definition) is 1. The fourth-order valence-corrected chi connectivity index (χ4v) is 3.98. The third-order valence-corrected chi connectivity index (χ3v) is 5.59. The van der Waals surface area contributed by atoms with Gasteiger partial charge in [-0.05, 0) is 62.4 Å². The third kappa shape index (κ3) is 3.42. The Balaban J connectivity index is 1.43. The Morgan fingerprint density at radius 2 is 1.78 bits per heavy atom. The second kappa shape index (κ2) is 7.06. The highest BCUT2D eigenvalue weighted by Gasteiger charge is 2.25. The molecular weight excluding hydrogens is 336 g/mol. The number of amides is 2. The van der Waals surface area contributed by atoms with Gasteiger partial charge in [-0.25, -0.2) is 9.78 Å². The lowest BCUT2D eigenvalue weighted by Gasteiger charge is -2.33. The number of carbonyl (C=O) groups excluding carboxylic acids is 1. The maximum Gasteiger partial charge on any atom is 0.321 e. The molecule has 4 rings (SSSR count). The first-order valence-electron chi connectivity index (χ1n) is 9.58. The molecule has 27 heavy (non-hydrogen) atoms. The van der Waals surface area contributed by atoms with Crippen molar-refractivity contribution >= 4 is 22.8 Å². The van der Waals surface area contributed by atoms with Gasteiger partial charge in [0.25, 0.3) is 0 Å². The van der Waals surface area contributed by atoms with Crippen molar-refractivity contribution in [1.82, 2.24) is 14.5 Å². The molecule has 0 saturated carbocycles. The lowest BCUT2D eigenvalue weighted by molar-refractivity contribution is 0.184. The number of anilines is 1. The monoisotopic (exact) mass is 362 g/mol. The average molecular weight is 362 g/mol. The molecule has 2 amide bonds. The van der Waals surface area contributed by atoms with Crippen LogP contribution in [0.2, 0.25) is 0 Å². The van der Waals surface area contributed by atoms with Crippen LogP contribution in [0.4, 0.5) is 10.5 Å². The van der Waals surface area contributed by atoms with Crippen molar-refractivity contribution < 1.29 is 4.79 Å². The number of likely N-dealkylation sites (tertiary alicyclic amines) is 1. The van der Waals surface area contributed by atoms with Crippen LogP contribution in [0.15, 0.2) is 42.7 Å². The molecule has 2 heterocycles. The van der Waals surface area contributed by atoms with Crippen LogP contribution in [0.5, 0.6) is 0 Å². The highest BCUT2D eigenvalue weighted by Crippen LogP contribution is 2.28. The molecule has 140 valence electrons. The molecule has 1 saturated heterocycles. The number of piperidine rings is 1. The average Bonchev–Trinajstić information content (AvgIpc) is 3.08. The smallest absolute Gasteiger partial charge is 0.321 e. The quantitative estimate of drug-likeness (QED) is 0.710. The molecule has 1 aliphatic rings. The predicted octanol–water partition coefficient (Wildman–Crippen LogP) is 4.83. The highest BCUT2D eigenvalue weighted by molar-refractivity contribution is 5.91. The SMILES string of the molecule is Cc1ccc2c(c1)ncn2C1CCN(C(=O)Nc2c(C)cccc2C)CC1. The van der Waals surface area contributed by atoms with Crippen molar-refractivity contribution in [3.8, 4) is 0 Å². The topological polar surface area (TPSA) is 50.2 Å². The van der Waals surface area contributed by atoms with Crippen LogP contribution in [-0.2, 0) is 0 Å². The second-order valence-corrected chi connectivity index (χ2v) is 7.56. The molecule has 1 aromatic heterocycles. The Morgan fingerprint density at radius 3 is 2.48 bits per heavy atom. The molecule has 0 aliphatic carbocycles. The summed E-state index contributed by atoms with van der Waals surface area (Å²) in [6.45, 7) is 7.66. The summed E-state index contributed by atoms with van der Waals surface area (Å²) in [5, 5.41) is 3.10. The predicted molar refractivity (Wildman–Crippen MR) is 109 cm³/mol. The van der Waals surface area contributed by atoms with Crippen LogP contribution in [0.3, 0.4) is 0 Å². The normalized spacial score (nSPS) is 15.3. The number of hydrogen-bond acceptors (Lipinski definition) is 2. The van der Waals surface area contributed by atoms with Crippen molar-refractivity contribution in [3.63, 3.8) is 0 Å². The van der Waals surface area contributed by atoms with E-state index in [4.69, 9.17) is 0 Å². The second-order valence-electron chi connectivity index (χ2n) is 7.56. The summed E-state index contributed by atoms with van der Waals surface area (Å²) >= 11 is 0. The van der Waals surface area contributed by atoms with E-state index in [1.54, 1.807) is 0 Å². The summed E-state index contributed by atoms with van der Waals surface area (Å²) < 4.78 is 2.27. The largest absolute Gasteiger partial charge is 0.327 e. The molecule has 3 aromatic rings. The summed E-state index contributed by atoms with van der Waals surface area (Å²) in [4.78, 5) is 19.2. The van der Waals surface area contributed by atoms with Gasteiger partial charge in [0.15, 0.2) is 0 Å². The number of fused-ring (bicyclic) bond motifs is 1. The van der Waals surface area contributed by atoms with Gasteiger partial charge in [0.05, 0.1) is 17.4 Å². The lowest BCUT2D eigenvalue weighted by atomic mass is 10.0. The number of carbonyl (C=O) groups is 1. The van der Waals surface area contributed by atoms with Gasteiger partial charge >= 0.3 is 6.03 Å². The van der Waals surface area contributed by atoms with Crippen molar-refractivity contribution in [2.24, 2.45) is 0 Å². The van der Waals surface area contributed by atoms with E-state index in [2.05, 4.69) is 40.0 Å². The van der Waals surface area contributed by atoms with Gasteiger partial charge in [-0.2, -0.15) is 0 Å². The molecule has 0 unspecified atom stereocenters. The summed E-state index contributed by atoms with van der Waals surface area (Å²) in [6.07, 6.45) is 3.83. The Hall–Kier alpha value is -2.82. The van der Waals surface area contributed by atoms with Crippen LogP contribution in [0.1, 0.15) is 35.6 Å². The Kier molecular flexibility index (Phi) is 4.60. The maximum atomic E-state index is 12.7. The molecule has 1 fully saturated rings. The Labute approximate surface area is 160 Å². The van der Waals surface area contributed by atoms with Gasteiger partial charge in [0, 0.05) is 24.8 Å². The van der Waals surface area contributed by atoms with Crippen LogP contribution in [0, 0.1) is 20.8 Å². The van der Waals surface area contributed by atoms with Crippen molar-refractivity contribution in [2.45, 2.75) is 39.7 Å².